The molecular weight excluding hydrogens is 232 g/mol. The Bertz CT molecular complexity index is 442. The summed E-state index contributed by atoms with van der Waals surface area (Å²) >= 11 is 0. The predicted molar refractivity (Wildman–Crippen MR) is 67.2 cm³/mol. The summed E-state index contributed by atoms with van der Waals surface area (Å²) in [4.78, 5) is 20.4. The molecule has 1 aliphatic rings. The Morgan fingerprint density at radius 3 is 3.00 bits per heavy atom. The number of ether oxygens (including phenoxy) is 1. The molecule has 1 unspecified atom stereocenters. The maximum absolute atomic E-state index is 12.1. The maximum atomic E-state index is 12.1. The van der Waals surface area contributed by atoms with Gasteiger partial charge in [-0.2, -0.15) is 0 Å². The summed E-state index contributed by atoms with van der Waals surface area (Å²) in [7, 11) is 0. The lowest BCUT2D eigenvalue weighted by Crippen LogP contribution is -2.36. The van der Waals surface area contributed by atoms with E-state index in [2.05, 4.69) is 15.3 Å². The van der Waals surface area contributed by atoms with Gasteiger partial charge in [-0.25, -0.2) is 9.97 Å². The number of anilines is 1. The van der Waals surface area contributed by atoms with Crippen molar-refractivity contribution in [2.75, 3.05) is 18.9 Å². The highest BCUT2D eigenvalue weighted by molar-refractivity contribution is 5.97. The van der Waals surface area contributed by atoms with Gasteiger partial charge < -0.3 is 15.8 Å². The van der Waals surface area contributed by atoms with Gasteiger partial charge in [-0.15, -0.1) is 0 Å². The van der Waals surface area contributed by atoms with E-state index in [1.807, 2.05) is 13.8 Å². The largest absolute Gasteiger partial charge is 0.396 e. The van der Waals surface area contributed by atoms with E-state index >= 15 is 0 Å². The van der Waals surface area contributed by atoms with Gasteiger partial charge in [-0.3, -0.25) is 4.79 Å². The molecule has 2 rings (SSSR count). The fourth-order valence-corrected chi connectivity index (χ4v) is 1.77. The van der Waals surface area contributed by atoms with Crippen molar-refractivity contribution < 1.29 is 9.53 Å². The summed E-state index contributed by atoms with van der Waals surface area (Å²) in [6, 6.07) is 0.0503. The van der Waals surface area contributed by atoms with E-state index in [9.17, 15) is 4.79 Å². The number of nitrogens with one attached hydrogen (secondary N) is 1. The molecule has 1 saturated heterocycles. The molecular formula is C12H18N4O2. The van der Waals surface area contributed by atoms with Crippen LogP contribution in [-0.2, 0) is 4.74 Å². The first-order valence-electron chi connectivity index (χ1n) is 6.09. The molecule has 0 radical (unpaired) electrons. The van der Waals surface area contributed by atoms with Crippen LogP contribution in [0.1, 0.15) is 42.5 Å². The summed E-state index contributed by atoms with van der Waals surface area (Å²) in [6.07, 6.45) is 2.32. The van der Waals surface area contributed by atoms with Crippen LogP contribution in [0.15, 0.2) is 6.20 Å². The van der Waals surface area contributed by atoms with Crippen molar-refractivity contribution in [3.63, 3.8) is 0 Å². The summed E-state index contributed by atoms with van der Waals surface area (Å²) in [5.74, 6) is 0.524. The van der Waals surface area contributed by atoms with Gasteiger partial charge in [0, 0.05) is 12.5 Å². The number of hydrogen-bond acceptors (Lipinski definition) is 5. The standard InChI is InChI=1S/C12H18N4O2/c1-7(2)11-14-5-9(13)10(16-11)12(17)15-8-3-4-18-6-8/h5,7-8H,3-4,6,13H2,1-2H3,(H,15,17). The lowest BCUT2D eigenvalue weighted by Gasteiger charge is -2.12. The Balaban J connectivity index is 2.15. The Labute approximate surface area is 106 Å². The Morgan fingerprint density at radius 2 is 2.39 bits per heavy atom. The van der Waals surface area contributed by atoms with Gasteiger partial charge in [0.05, 0.1) is 24.5 Å². The van der Waals surface area contributed by atoms with Crippen molar-refractivity contribution in [3.05, 3.63) is 17.7 Å². The number of nitrogen functional groups attached to an aromatic ring is 1. The van der Waals surface area contributed by atoms with Crippen LogP contribution in [-0.4, -0.2) is 35.1 Å². The van der Waals surface area contributed by atoms with E-state index < -0.39 is 0 Å². The normalized spacial score (nSPS) is 19.2. The number of aromatic nitrogens is 2. The van der Waals surface area contributed by atoms with Crippen molar-refractivity contribution >= 4 is 11.6 Å². The van der Waals surface area contributed by atoms with E-state index in [0.29, 0.717) is 24.7 Å². The zero-order valence-corrected chi connectivity index (χ0v) is 10.6. The minimum absolute atomic E-state index is 0.0503. The van der Waals surface area contributed by atoms with E-state index in [0.717, 1.165) is 6.42 Å². The van der Waals surface area contributed by atoms with Crippen LogP contribution in [0.25, 0.3) is 0 Å². The highest BCUT2D eigenvalue weighted by Gasteiger charge is 2.21. The average molecular weight is 250 g/mol. The van der Waals surface area contributed by atoms with Crippen LogP contribution in [0.2, 0.25) is 0 Å². The minimum atomic E-state index is -0.257. The molecule has 1 aromatic rings. The first kappa shape index (κ1) is 12.8. The van der Waals surface area contributed by atoms with Crippen molar-refractivity contribution in [1.82, 2.24) is 15.3 Å². The maximum Gasteiger partial charge on any atom is 0.272 e. The summed E-state index contributed by atoms with van der Waals surface area (Å²) in [5, 5.41) is 2.87. The first-order chi connectivity index (χ1) is 8.58. The van der Waals surface area contributed by atoms with Crippen LogP contribution in [0.4, 0.5) is 5.69 Å². The quantitative estimate of drug-likeness (QED) is 0.824. The van der Waals surface area contributed by atoms with Crippen LogP contribution in [0.3, 0.4) is 0 Å². The minimum Gasteiger partial charge on any atom is -0.396 e. The van der Waals surface area contributed by atoms with Crippen LogP contribution in [0, 0.1) is 0 Å². The van der Waals surface area contributed by atoms with Gasteiger partial charge in [0.2, 0.25) is 0 Å². The number of carbonyl (C=O) groups excluding carboxylic acids is 1. The highest BCUT2D eigenvalue weighted by Crippen LogP contribution is 2.14. The molecule has 1 amide bonds. The number of nitrogens with two attached hydrogens (primary N) is 1. The molecule has 0 saturated carbocycles. The number of carbonyl (C=O) groups is 1. The predicted octanol–water partition coefficient (Wildman–Crippen LogP) is 0.701. The average Bonchev–Trinajstić information content (AvgIpc) is 2.81. The van der Waals surface area contributed by atoms with Crippen molar-refractivity contribution in [2.24, 2.45) is 0 Å². The van der Waals surface area contributed by atoms with Gasteiger partial charge in [0.1, 0.15) is 5.82 Å². The molecule has 0 bridgehead atoms. The van der Waals surface area contributed by atoms with Crippen LogP contribution >= 0.6 is 0 Å². The molecule has 6 nitrogen and oxygen atoms in total. The first-order valence-corrected chi connectivity index (χ1v) is 6.09. The van der Waals surface area contributed by atoms with E-state index in [4.69, 9.17) is 10.5 Å². The second-order valence-corrected chi connectivity index (χ2v) is 4.72. The fraction of sp³-hybridized carbons (Fsp3) is 0.583. The molecule has 1 atom stereocenters. The summed E-state index contributed by atoms with van der Waals surface area (Å²) in [6.45, 7) is 5.17. The molecule has 18 heavy (non-hydrogen) atoms. The molecule has 0 aliphatic carbocycles. The van der Waals surface area contributed by atoms with Gasteiger partial charge in [-0.05, 0) is 6.42 Å². The molecule has 1 fully saturated rings. The summed E-state index contributed by atoms with van der Waals surface area (Å²) in [5.41, 5.74) is 6.30. The Morgan fingerprint density at radius 1 is 1.61 bits per heavy atom. The third kappa shape index (κ3) is 2.76. The van der Waals surface area contributed by atoms with Crippen molar-refractivity contribution in [2.45, 2.75) is 32.2 Å². The number of nitrogens with zero attached hydrogens (tertiary/aromatic N) is 2. The lowest BCUT2D eigenvalue weighted by molar-refractivity contribution is 0.0925. The van der Waals surface area contributed by atoms with E-state index in [-0.39, 0.29) is 23.6 Å². The molecule has 1 aromatic heterocycles. The Hall–Kier alpha value is -1.69. The van der Waals surface area contributed by atoms with Gasteiger partial charge in [0.25, 0.3) is 5.91 Å². The van der Waals surface area contributed by atoms with Gasteiger partial charge >= 0.3 is 0 Å². The molecule has 0 spiro atoms. The van der Waals surface area contributed by atoms with E-state index in [1.54, 1.807) is 0 Å². The molecule has 2 heterocycles. The molecule has 1 aliphatic heterocycles. The molecule has 98 valence electrons. The van der Waals surface area contributed by atoms with Gasteiger partial charge in [0.15, 0.2) is 5.69 Å². The smallest absolute Gasteiger partial charge is 0.272 e. The number of hydrogen-bond donors (Lipinski definition) is 2. The molecule has 0 aromatic carbocycles. The Kier molecular flexibility index (Phi) is 3.76. The van der Waals surface area contributed by atoms with E-state index in [1.165, 1.54) is 6.20 Å². The monoisotopic (exact) mass is 250 g/mol. The highest BCUT2D eigenvalue weighted by atomic mass is 16.5. The zero-order valence-electron chi connectivity index (χ0n) is 10.6. The van der Waals surface area contributed by atoms with Crippen molar-refractivity contribution in [1.29, 1.82) is 0 Å². The van der Waals surface area contributed by atoms with Crippen LogP contribution in [0.5, 0.6) is 0 Å². The van der Waals surface area contributed by atoms with Crippen molar-refractivity contribution in [3.8, 4) is 0 Å². The van der Waals surface area contributed by atoms with Gasteiger partial charge in [-0.1, -0.05) is 13.8 Å². The third-order valence-corrected chi connectivity index (χ3v) is 2.83. The molecule has 6 heteroatoms. The number of amides is 1. The molecule has 3 N–H and O–H groups in total. The summed E-state index contributed by atoms with van der Waals surface area (Å²) < 4.78 is 5.21. The fourth-order valence-electron chi connectivity index (χ4n) is 1.77. The topological polar surface area (TPSA) is 90.1 Å². The lowest BCUT2D eigenvalue weighted by atomic mass is 10.2. The van der Waals surface area contributed by atoms with Crippen LogP contribution < -0.4 is 11.1 Å². The SMILES string of the molecule is CC(C)c1ncc(N)c(C(=O)NC2CCOC2)n1. The third-order valence-electron chi connectivity index (χ3n) is 2.83. The number of rotatable bonds is 3. The second kappa shape index (κ2) is 5.30. The second-order valence-electron chi connectivity index (χ2n) is 4.72. The zero-order chi connectivity index (χ0) is 13.1.